The monoisotopic (exact) mass is 424 g/mol. The summed E-state index contributed by atoms with van der Waals surface area (Å²) in [5.74, 6) is 1.35. The maximum Gasteiger partial charge on any atom is 0.225 e. The lowest BCUT2D eigenvalue weighted by Gasteiger charge is -2.41. The normalized spacial score (nSPS) is 18.5. The summed E-state index contributed by atoms with van der Waals surface area (Å²) >= 11 is 0. The van der Waals surface area contributed by atoms with Gasteiger partial charge in [0.25, 0.3) is 0 Å². The molecule has 2 aromatic rings. The average Bonchev–Trinajstić information content (AvgIpc) is 2.82. The average molecular weight is 425 g/mol. The van der Waals surface area contributed by atoms with Crippen molar-refractivity contribution in [1.29, 1.82) is 0 Å². The minimum absolute atomic E-state index is 0.0226. The van der Waals surface area contributed by atoms with Gasteiger partial charge in [-0.25, -0.2) is 0 Å². The number of nitrogens with zero attached hydrogens (tertiary/aromatic N) is 1. The lowest BCUT2D eigenvalue weighted by atomic mass is 9.83. The quantitative estimate of drug-likeness (QED) is 0.658. The largest absolute Gasteiger partial charge is 0.497 e. The third-order valence-electron chi connectivity index (χ3n) is 5.88. The molecule has 1 saturated heterocycles. The molecule has 1 N–H and O–H groups in total. The van der Waals surface area contributed by atoms with Crippen LogP contribution < -0.4 is 14.8 Å². The number of carbonyl (C=O) groups is 2. The van der Waals surface area contributed by atoms with E-state index >= 15 is 0 Å². The van der Waals surface area contributed by atoms with E-state index in [0.717, 1.165) is 35.5 Å². The number of nitrogens with one attached hydrogen (secondary N) is 1. The minimum Gasteiger partial charge on any atom is -0.497 e. The second kappa shape index (κ2) is 10.8. The SMILES string of the molecule is CCCCN1C(=O)CC[C@H](C(=O)NCc2ccc(OC)cc2)[C@H]1c1ccc(OC)cc1. The van der Waals surface area contributed by atoms with Crippen LogP contribution in [0.5, 0.6) is 11.5 Å². The summed E-state index contributed by atoms with van der Waals surface area (Å²) in [4.78, 5) is 27.9. The Hall–Kier alpha value is -3.02. The number of rotatable bonds is 9. The van der Waals surface area contributed by atoms with Crippen molar-refractivity contribution in [1.82, 2.24) is 10.2 Å². The molecule has 6 nitrogen and oxygen atoms in total. The highest BCUT2D eigenvalue weighted by molar-refractivity contribution is 5.85. The van der Waals surface area contributed by atoms with Crippen molar-refractivity contribution in [3.63, 3.8) is 0 Å². The van der Waals surface area contributed by atoms with Gasteiger partial charge < -0.3 is 19.7 Å². The van der Waals surface area contributed by atoms with Gasteiger partial charge in [0, 0.05) is 19.5 Å². The van der Waals surface area contributed by atoms with Crippen LogP contribution in [0.1, 0.15) is 49.8 Å². The Morgan fingerprint density at radius 1 is 1.03 bits per heavy atom. The molecule has 0 unspecified atom stereocenters. The minimum atomic E-state index is -0.291. The molecule has 0 spiro atoms. The number of amides is 2. The molecular formula is C25H32N2O4. The first-order chi connectivity index (χ1) is 15.1. The first kappa shape index (κ1) is 22.7. The van der Waals surface area contributed by atoms with Crippen molar-refractivity contribution in [3.8, 4) is 11.5 Å². The fraction of sp³-hybridized carbons (Fsp3) is 0.440. The van der Waals surface area contributed by atoms with Crippen LogP contribution in [0, 0.1) is 5.92 Å². The molecule has 1 fully saturated rings. The molecule has 2 atom stereocenters. The molecule has 3 rings (SSSR count). The molecule has 1 heterocycles. The Morgan fingerprint density at radius 3 is 2.23 bits per heavy atom. The van der Waals surface area contributed by atoms with Crippen LogP contribution in [-0.4, -0.2) is 37.5 Å². The van der Waals surface area contributed by atoms with E-state index in [0.29, 0.717) is 25.9 Å². The molecule has 0 aliphatic carbocycles. The maximum absolute atomic E-state index is 13.2. The van der Waals surface area contributed by atoms with E-state index in [9.17, 15) is 9.59 Å². The molecule has 2 aromatic carbocycles. The van der Waals surface area contributed by atoms with Gasteiger partial charge in [0.05, 0.1) is 26.2 Å². The van der Waals surface area contributed by atoms with Gasteiger partial charge in [-0.1, -0.05) is 37.6 Å². The number of hydrogen-bond acceptors (Lipinski definition) is 4. The first-order valence-electron chi connectivity index (χ1n) is 10.9. The van der Waals surface area contributed by atoms with Crippen molar-refractivity contribution < 1.29 is 19.1 Å². The van der Waals surface area contributed by atoms with Crippen molar-refractivity contribution in [2.24, 2.45) is 5.92 Å². The Labute approximate surface area is 184 Å². The molecule has 0 bridgehead atoms. The van der Waals surface area contributed by atoms with E-state index in [2.05, 4.69) is 12.2 Å². The maximum atomic E-state index is 13.2. The standard InChI is InChI=1S/C25H32N2O4/c1-4-5-16-27-23(28)15-14-22(24(27)19-8-12-21(31-3)13-9-19)25(29)26-17-18-6-10-20(30-2)11-7-18/h6-13,22,24H,4-5,14-17H2,1-3H3,(H,26,29)/t22-,24+/m0/s1. The Kier molecular flexibility index (Phi) is 7.93. The second-order valence-electron chi connectivity index (χ2n) is 7.87. The molecule has 0 saturated carbocycles. The third-order valence-corrected chi connectivity index (χ3v) is 5.88. The fourth-order valence-corrected chi connectivity index (χ4v) is 4.10. The van der Waals surface area contributed by atoms with Crippen LogP contribution in [-0.2, 0) is 16.1 Å². The van der Waals surface area contributed by atoms with E-state index < -0.39 is 0 Å². The lowest BCUT2D eigenvalue weighted by Crippen LogP contribution is -2.48. The number of unbranched alkanes of at least 4 members (excludes halogenated alkanes) is 1. The Bertz CT molecular complexity index is 864. The summed E-state index contributed by atoms with van der Waals surface area (Å²) in [6.45, 7) is 3.21. The van der Waals surface area contributed by atoms with Gasteiger partial charge in [-0.05, 0) is 48.2 Å². The topological polar surface area (TPSA) is 67.9 Å². The van der Waals surface area contributed by atoms with E-state index in [1.165, 1.54) is 0 Å². The molecule has 6 heteroatoms. The van der Waals surface area contributed by atoms with Crippen LogP contribution in [0.3, 0.4) is 0 Å². The predicted octanol–water partition coefficient (Wildman–Crippen LogP) is 4.10. The summed E-state index contributed by atoms with van der Waals surface area (Å²) in [7, 11) is 3.26. The van der Waals surface area contributed by atoms with Crippen molar-refractivity contribution in [3.05, 3.63) is 59.7 Å². The summed E-state index contributed by atoms with van der Waals surface area (Å²) in [5, 5.41) is 3.08. The highest BCUT2D eigenvalue weighted by Crippen LogP contribution is 2.37. The smallest absolute Gasteiger partial charge is 0.225 e. The lowest BCUT2D eigenvalue weighted by molar-refractivity contribution is -0.143. The van der Waals surface area contributed by atoms with Crippen LogP contribution in [0.4, 0.5) is 0 Å². The van der Waals surface area contributed by atoms with Gasteiger partial charge in [-0.2, -0.15) is 0 Å². The summed E-state index contributed by atoms with van der Waals surface area (Å²) in [6.07, 6.45) is 2.86. The Balaban J connectivity index is 1.79. The zero-order valence-corrected chi connectivity index (χ0v) is 18.6. The molecular weight excluding hydrogens is 392 g/mol. The number of likely N-dealkylation sites (tertiary alicyclic amines) is 1. The summed E-state index contributed by atoms with van der Waals surface area (Å²) < 4.78 is 10.5. The number of ether oxygens (including phenoxy) is 2. The van der Waals surface area contributed by atoms with Crippen molar-refractivity contribution in [2.75, 3.05) is 20.8 Å². The molecule has 31 heavy (non-hydrogen) atoms. The predicted molar refractivity (Wildman–Crippen MR) is 120 cm³/mol. The van der Waals surface area contributed by atoms with Crippen LogP contribution in [0.2, 0.25) is 0 Å². The number of carbonyl (C=O) groups excluding carboxylic acids is 2. The van der Waals surface area contributed by atoms with Crippen molar-refractivity contribution >= 4 is 11.8 Å². The number of benzene rings is 2. The first-order valence-corrected chi connectivity index (χ1v) is 10.9. The summed E-state index contributed by atoms with van der Waals surface area (Å²) in [5.41, 5.74) is 1.97. The van der Waals surface area contributed by atoms with Gasteiger partial charge in [0.2, 0.25) is 11.8 Å². The number of methoxy groups -OCH3 is 2. The second-order valence-corrected chi connectivity index (χ2v) is 7.87. The van der Waals surface area contributed by atoms with Crippen molar-refractivity contribution in [2.45, 2.75) is 45.2 Å². The van der Waals surface area contributed by atoms with Gasteiger partial charge in [0.15, 0.2) is 0 Å². The van der Waals surface area contributed by atoms with Crippen LogP contribution in [0.25, 0.3) is 0 Å². The zero-order valence-electron chi connectivity index (χ0n) is 18.6. The zero-order chi connectivity index (χ0) is 22.2. The molecule has 0 aromatic heterocycles. The highest BCUT2D eigenvalue weighted by atomic mass is 16.5. The van der Waals surface area contributed by atoms with Crippen LogP contribution in [0.15, 0.2) is 48.5 Å². The Morgan fingerprint density at radius 2 is 1.65 bits per heavy atom. The molecule has 1 aliphatic rings. The number of piperidine rings is 1. The van der Waals surface area contributed by atoms with Gasteiger partial charge >= 0.3 is 0 Å². The van der Waals surface area contributed by atoms with E-state index in [1.807, 2.05) is 53.4 Å². The van der Waals surface area contributed by atoms with E-state index in [1.54, 1.807) is 14.2 Å². The van der Waals surface area contributed by atoms with Crippen LogP contribution >= 0.6 is 0 Å². The third kappa shape index (κ3) is 5.57. The molecule has 2 amide bonds. The fourth-order valence-electron chi connectivity index (χ4n) is 4.10. The number of hydrogen-bond donors (Lipinski definition) is 1. The van der Waals surface area contributed by atoms with E-state index in [4.69, 9.17) is 9.47 Å². The molecule has 1 aliphatic heterocycles. The molecule has 166 valence electrons. The molecule has 0 radical (unpaired) electrons. The van der Waals surface area contributed by atoms with Gasteiger partial charge in [-0.15, -0.1) is 0 Å². The van der Waals surface area contributed by atoms with E-state index in [-0.39, 0.29) is 23.8 Å². The van der Waals surface area contributed by atoms with Gasteiger partial charge in [0.1, 0.15) is 11.5 Å². The highest BCUT2D eigenvalue weighted by Gasteiger charge is 2.40. The van der Waals surface area contributed by atoms with Gasteiger partial charge in [-0.3, -0.25) is 9.59 Å². The summed E-state index contributed by atoms with van der Waals surface area (Å²) in [6, 6.07) is 15.1.